The van der Waals surface area contributed by atoms with Gasteiger partial charge in [-0.15, -0.1) is 0 Å². The van der Waals surface area contributed by atoms with Crippen LogP contribution in [0.25, 0.3) is 0 Å². The smallest absolute Gasteiger partial charge is 0.243 e. The molecule has 0 bridgehead atoms. The Morgan fingerprint density at radius 2 is 2.05 bits per heavy atom. The SMILES string of the molecule is CO[C@H]1/C=C/CC/C=C/C(=O)NC/C(C)=C\[C@@H](C)[C@@H]1O. The number of amides is 1. The second-order valence-electron chi connectivity index (χ2n) is 5.19. The third-order valence-corrected chi connectivity index (χ3v) is 3.33. The van der Waals surface area contributed by atoms with Gasteiger partial charge in [0, 0.05) is 19.6 Å². The van der Waals surface area contributed by atoms with E-state index >= 15 is 0 Å². The van der Waals surface area contributed by atoms with Gasteiger partial charge in [0.05, 0.1) is 6.10 Å². The maximum atomic E-state index is 11.5. The first-order valence-corrected chi connectivity index (χ1v) is 7.03. The van der Waals surface area contributed by atoms with Crippen molar-refractivity contribution in [2.75, 3.05) is 13.7 Å². The van der Waals surface area contributed by atoms with E-state index < -0.39 is 6.10 Å². The van der Waals surface area contributed by atoms with E-state index in [1.54, 1.807) is 13.2 Å². The number of ether oxygens (including phenoxy) is 1. The summed E-state index contributed by atoms with van der Waals surface area (Å²) in [5.74, 6) is -0.123. The van der Waals surface area contributed by atoms with Gasteiger partial charge in [-0.2, -0.15) is 0 Å². The molecule has 0 fully saturated rings. The lowest BCUT2D eigenvalue weighted by Crippen LogP contribution is -2.32. The Morgan fingerprint density at radius 3 is 2.75 bits per heavy atom. The van der Waals surface area contributed by atoms with Crippen molar-refractivity contribution >= 4 is 5.91 Å². The molecule has 1 rings (SSSR count). The minimum atomic E-state index is -0.597. The molecular weight excluding hydrogens is 254 g/mol. The lowest BCUT2D eigenvalue weighted by molar-refractivity contribution is -0.116. The highest BCUT2D eigenvalue weighted by molar-refractivity contribution is 5.87. The molecule has 1 aliphatic heterocycles. The molecule has 2 N–H and O–H groups in total. The molecule has 0 spiro atoms. The first kappa shape index (κ1) is 16.7. The van der Waals surface area contributed by atoms with Gasteiger partial charge in [-0.3, -0.25) is 4.79 Å². The summed E-state index contributed by atoms with van der Waals surface area (Å²) < 4.78 is 5.33. The van der Waals surface area contributed by atoms with Gasteiger partial charge in [-0.25, -0.2) is 0 Å². The zero-order valence-corrected chi connectivity index (χ0v) is 12.5. The van der Waals surface area contributed by atoms with Crippen LogP contribution in [0.4, 0.5) is 0 Å². The lowest BCUT2D eigenvalue weighted by Gasteiger charge is -2.23. The quantitative estimate of drug-likeness (QED) is 0.721. The molecule has 0 radical (unpaired) electrons. The van der Waals surface area contributed by atoms with Crippen LogP contribution < -0.4 is 5.32 Å². The molecule has 0 saturated carbocycles. The number of hydrogen-bond donors (Lipinski definition) is 2. The fourth-order valence-electron chi connectivity index (χ4n) is 2.14. The number of carbonyl (C=O) groups excluding carboxylic acids is 1. The summed E-state index contributed by atoms with van der Waals surface area (Å²) in [6.07, 6.45) is 9.97. The van der Waals surface area contributed by atoms with Gasteiger partial charge in [0.25, 0.3) is 0 Å². The van der Waals surface area contributed by atoms with Crippen LogP contribution in [0.5, 0.6) is 0 Å². The predicted molar refractivity (Wildman–Crippen MR) is 80.2 cm³/mol. The van der Waals surface area contributed by atoms with Gasteiger partial charge >= 0.3 is 0 Å². The van der Waals surface area contributed by atoms with Crippen molar-refractivity contribution in [3.63, 3.8) is 0 Å². The van der Waals surface area contributed by atoms with E-state index in [0.29, 0.717) is 6.54 Å². The second kappa shape index (κ2) is 8.72. The van der Waals surface area contributed by atoms with E-state index in [1.165, 1.54) is 0 Å². The molecule has 20 heavy (non-hydrogen) atoms. The number of hydrogen-bond acceptors (Lipinski definition) is 3. The van der Waals surface area contributed by atoms with Crippen LogP contribution in [0.15, 0.2) is 36.0 Å². The molecule has 0 unspecified atom stereocenters. The molecule has 3 atom stereocenters. The van der Waals surface area contributed by atoms with E-state index in [4.69, 9.17) is 4.74 Å². The zero-order chi connectivity index (χ0) is 15.0. The Kier molecular flexibility index (Phi) is 7.26. The Bertz CT molecular complexity index is 399. The lowest BCUT2D eigenvalue weighted by atomic mass is 9.96. The minimum Gasteiger partial charge on any atom is -0.389 e. The Hall–Kier alpha value is -1.39. The van der Waals surface area contributed by atoms with Gasteiger partial charge in [0.1, 0.15) is 6.10 Å². The highest BCUT2D eigenvalue weighted by Crippen LogP contribution is 2.15. The highest BCUT2D eigenvalue weighted by atomic mass is 16.5. The molecule has 112 valence electrons. The van der Waals surface area contributed by atoms with Crippen LogP contribution in [-0.4, -0.2) is 36.9 Å². The van der Waals surface area contributed by atoms with Crippen molar-refractivity contribution < 1.29 is 14.6 Å². The summed E-state index contributed by atoms with van der Waals surface area (Å²) in [4.78, 5) is 11.5. The van der Waals surface area contributed by atoms with E-state index in [9.17, 15) is 9.90 Å². The molecule has 1 aliphatic rings. The summed E-state index contributed by atoms with van der Waals surface area (Å²) >= 11 is 0. The van der Waals surface area contributed by atoms with Crippen molar-refractivity contribution in [3.8, 4) is 0 Å². The molecule has 0 aromatic carbocycles. The van der Waals surface area contributed by atoms with E-state index in [2.05, 4.69) is 5.32 Å². The normalized spacial score (nSPS) is 35.3. The van der Waals surface area contributed by atoms with E-state index in [-0.39, 0.29) is 17.9 Å². The van der Waals surface area contributed by atoms with Crippen molar-refractivity contribution in [1.82, 2.24) is 5.32 Å². The standard InChI is InChI=1S/C16H25NO3/c1-12-10-13(2)16(19)14(20-3)8-6-4-5-7-9-15(18)17-11-12/h6-10,13-14,16,19H,4-5,11H2,1-3H3,(H,17,18)/b8-6+,9-7+,12-10-/t13-,14+,16+/m1/s1. The summed E-state index contributed by atoms with van der Waals surface area (Å²) in [5.41, 5.74) is 1.02. The third kappa shape index (κ3) is 5.72. The number of aliphatic hydroxyl groups is 1. The van der Waals surface area contributed by atoms with Gasteiger partial charge in [0.15, 0.2) is 0 Å². The summed E-state index contributed by atoms with van der Waals surface area (Å²) in [6, 6.07) is 0. The zero-order valence-electron chi connectivity index (χ0n) is 12.5. The summed E-state index contributed by atoms with van der Waals surface area (Å²) in [6.45, 7) is 4.38. The number of allylic oxidation sites excluding steroid dienone is 2. The van der Waals surface area contributed by atoms with Crippen LogP contribution in [-0.2, 0) is 9.53 Å². The topological polar surface area (TPSA) is 58.6 Å². The van der Waals surface area contributed by atoms with Crippen LogP contribution in [0, 0.1) is 5.92 Å². The first-order chi connectivity index (χ1) is 9.54. The number of methoxy groups -OCH3 is 1. The Morgan fingerprint density at radius 1 is 1.35 bits per heavy atom. The maximum Gasteiger partial charge on any atom is 0.243 e. The highest BCUT2D eigenvalue weighted by Gasteiger charge is 2.21. The van der Waals surface area contributed by atoms with Crippen molar-refractivity contribution in [1.29, 1.82) is 0 Å². The van der Waals surface area contributed by atoms with Crippen molar-refractivity contribution in [2.24, 2.45) is 5.92 Å². The molecule has 0 aliphatic carbocycles. The molecular formula is C16H25NO3. The largest absolute Gasteiger partial charge is 0.389 e. The first-order valence-electron chi connectivity index (χ1n) is 7.03. The minimum absolute atomic E-state index is 0.0417. The second-order valence-corrected chi connectivity index (χ2v) is 5.19. The molecule has 0 saturated heterocycles. The van der Waals surface area contributed by atoms with Gasteiger partial charge < -0.3 is 15.2 Å². The third-order valence-electron chi connectivity index (χ3n) is 3.33. The average Bonchev–Trinajstić information content (AvgIpc) is 2.43. The van der Waals surface area contributed by atoms with Gasteiger partial charge in [0.2, 0.25) is 5.91 Å². The number of aliphatic hydroxyl groups excluding tert-OH is 1. The molecule has 0 aromatic rings. The van der Waals surface area contributed by atoms with Gasteiger partial charge in [-0.1, -0.05) is 36.8 Å². The molecule has 1 amide bonds. The monoisotopic (exact) mass is 279 g/mol. The Labute approximate surface area is 121 Å². The molecule has 4 nitrogen and oxygen atoms in total. The maximum absolute atomic E-state index is 11.5. The number of nitrogens with one attached hydrogen (secondary N) is 1. The van der Waals surface area contributed by atoms with Crippen LogP contribution in [0.1, 0.15) is 26.7 Å². The van der Waals surface area contributed by atoms with Gasteiger partial charge in [-0.05, 0) is 25.8 Å². The predicted octanol–water partition coefficient (Wildman–Crippen LogP) is 1.97. The molecule has 1 heterocycles. The molecule has 4 heteroatoms. The number of rotatable bonds is 1. The van der Waals surface area contributed by atoms with Crippen molar-refractivity contribution in [2.45, 2.75) is 38.9 Å². The van der Waals surface area contributed by atoms with Crippen LogP contribution in [0.3, 0.4) is 0 Å². The number of carbonyl (C=O) groups is 1. The average molecular weight is 279 g/mol. The fourth-order valence-corrected chi connectivity index (χ4v) is 2.14. The van der Waals surface area contributed by atoms with E-state index in [0.717, 1.165) is 18.4 Å². The fraction of sp³-hybridized carbons (Fsp3) is 0.562. The van der Waals surface area contributed by atoms with Crippen LogP contribution >= 0.6 is 0 Å². The Balaban J connectivity index is 2.86. The van der Waals surface area contributed by atoms with E-state index in [1.807, 2.05) is 38.2 Å². The van der Waals surface area contributed by atoms with Crippen molar-refractivity contribution in [3.05, 3.63) is 36.0 Å². The summed E-state index contributed by atoms with van der Waals surface area (Å²) in [7, 11) is 1.60. The van der Waals surface area contributed by atoms with Crippen LogP contribution in [0.2, 0.25) is 0 Å². The molecule has 0 aromatic heterocycles. The summed E-state index contributed by atoms with van der Waals surface area (Å²) in [5, 5.41) is 13.1.